The summed E-state index contributed by atoms with van der Waals surface area (Å²) in [6.07, 6.45) is -8.32. The Morgan fingerprint density at radius 2 is 1.91 bits per heavy atom. The van der Waals surface area contributed by atoms with E-state index in [0.717, 1.165) is 6.07 Å². The number of alkyl halides is 3. The molecule has 2 heterocycles. The zero-order valence-corrected chi connectivity index (χ0v) is 24.2. The molecular weight excluding hydrogens is 624 g/mol. The van der Waals surface area contributed by atoms with Crippen molar-refractivity contribution >= 4 is 35.1 Å². The quantitative estimate of drug-likeness (QED) is 0.242. The molecule has 43 heavy (non-hydrogen) atoms. The van der Waals surface area contributed by atoms with Crippen LogP contribution in [0.25, 0.3) is 0 Å². The highest BCUT2D eigenvalue weighted by atomic mass is 35.5. The minimum Gasteiger partial charge on any atom is -0.480 e. The first kappa shape index (κ1) is 32.9. The monoisotopic (exact) mass is 649 g/mol. The van der Waals surface area contributed by atoms with Crippen molar-refractivity contribution in [2.75, 3.05) is 13.2 Å². The van der Waals surface area contributed by atoms with E-state index in [9.17, 15) is 28.0 Å². The van der Waals surface area contributed by atoms with Crippen LogP contribution >= 0.6 is 23.2 Å². The molecule has 2 aliphatic rings. The van der Waals surface area contributed by atoms with E-state index < -0.39 is 77.5 Å². The van der Waals surface area contributed by atoms with Crippen molar-refractivity contribution in [3.05, 3.63) is 69.2 Å². The molecule has 232 valence electrons. The molecule has 0 saturated carbocycles. The second-order valence-corrected chi connectivity index (χ2v) is 12.0. The van der Waals surface area contributed by atoms with Gasteiger partial charge < -0.3 is 25.2 Å². The van der Waals surface area contributed by atoms with Crippen LogP contribution < -0.4 is 10.6 Å². The molecule has 0 bridgehead atoms. The third-order valence-electron chi connectivity index (χ3n) is 7.50. The van der Waals surface area contributed by atoms with Gasteiger partial charge in [0.15, 0.2) is 6.29 Å². The van der Waals surface area contributed by atoms with Crippen LogP contribution in [0.5, 0.6) is 0 Å². The minimum absolute atomic E-state index is 0.00420. The number of rotatable bonds is 10. The van der Waals surface area contributed by atoms with Crippen LogP contribution in [-0.4, -0.2) is 60.8 Å². The molecule has 2 fully saturated rings. The van der Waals surface area contributed by atoms with Crippen molar-refractivity contribution in [1.82, 2.24) is 10.6 Å². The van der Waals surface area contributed by atoms with Crippen LogP contribution in [0, 0.1) is 28.4 Å². The first-order valence-corrected chi connectivity index (χ1v) is 13.7. The van der Waals surface area contributed by atoms with Gasteiger partial charge in [-0.15, -0.1) is 0 Å². The summed E-state index contributed by atoms with van der Waals surface area (Å²) in [6, 6.07) is 6.87. The smallest absolute Gasteiger partial charge is 0.419 e. The summed E-state index contributed by atoms with van der Waals surface area (Å²) in [7, 11) is 0. The van der Waals surface area contributed by atoms with Crippen molar-refractivity contribution in [1.29, 1.82) is 5.26 Å². The largest absolute Gasteiger partial charge is 0.480 e. The van der Waals surface area contributed by atoms with Gasteiger partial charge in [0.1, 0.15) is 23.6 Å². The molecule has 6 atom stereocenters. The van der Waals surface area contributed by atoms with E-state index in [2.05, 4.69) is 21.4 Å². The SMILES string of the molecule is CC(C)(COC1OC1C(F)(F)F)C[C@@H]1N[C@@H](C(=O)NCC(=O)O)[C@H](c2cccc(Cl)c2F)[C@@]1(C#N)c1ccc(Cl)cc1F. The van der Waals surface area contributed by atoms with Gasteiger partial charge in [-0.05, 0) is 35.6 Å². The highest BCUT2D eigenvalue weighted by Gasteiger charge is 2.62. The van der Waals surface area contributed by atoms with Crippen LogP contribution in [0.1, 0.15) is 37.3 Å². The number of nitrogens with zero attached hydrogens (tertiary/aromatic N) is 1. The van der Waals surface area contributed by atoms with E-state index in [1.54, 1.807) is 13.8 Å². The average Bonchev–Trinajstić information content (AvgIpc) is 3.65. The number of carbonyl (C=O) groups is 2. The van der Waals surface area contributed by atoms with Crippen molar-refractivity contribution < 1.29 is 46.1 Å². The van der Waals surface area contributed by atoms with Gasteiger partial charge in [0, 0.05) is 22.5 Å². The van der Waals surface area contributed by atoms with Gasteiger partial charge in [-0.25, -0.2) is 8.78 Å². The summed E-state index contributed by atoms with van der Waals surface area (Å²) >= 11 is 12.0. The maximum atomic E-state index is 15.7. The maximum absolute atomic E-state index is 15.7. The second-order valence-electron chi connectivity index (χ2n) is 11.2. The molecule has 2 saturated heterocycles. The van der Waals surface area contributed by atoms with Crippen LogP contribution in [0.2, 0.25) is 10.0 Å². The lowest BCUT2D eigenvalue weighted by Gasteiger charge is -2.38. The number of carboxylic acid groups (broad SMARTS) is 1. The molecule has 3 N–H and O–H groups in total. The predicted molar refractivity (Wildman–Crippen MR) is 143 cm³/mol. The first-order valence-electron chi connectivity index (χ1n) is 12.9. The summed E-state index contributed by atoms with van der Waals surface area (Å²) < 4.78 is 80.0. The lowest BCUT2D eigenvalue weighted by molar-refractivity contribution is -0.148. The normalized spacial score (nSPS) is 27.0. The molecule has 8 nitrogen and oxygen atoms in total. The number of aliphatic carboxylic acids is 1. The molecule has 1 amide bonds. The Kier molecular flexibility index (Phi) is 9.30. The van der Waals surface area contributed by atoms with Crippen molar-refractivity contribution in [3.8, 4) is 6.07 Å². The molecule has 2 aliphatic heterocycles. The maximum Gasteiger partial charge on any atom is 0.419 e. The Morgan fingerprint density at radius 1 is 1.21 bits per heavy atom. The molecule has 2 aromatic rings. The first-order chi connectivity index (χ1) is 20.0. The summed E-state index contributed by atoms with van der Waals surface area (Å²) in [5.41, 5.74) is -3.53. The van der Waals surface area contributed by atoms with Gasteiger partial charge in [-0.2, -0.15) is 18.4 Å². The number of nitriles is 1. The molecule has 0 spiro atoms. The topological polar surface area (TPSA) is 124 Å². The third-order valence-corrected chi connectivity index (χ3v) is 8.02. The molecule has 4 rings (SSSR count). The molecular formula is C28H26Cl2F5N3O5. The van der Waals surface area contributed by atoms with E-state index in [1.807, 2.05) is 0 Å². The van der Waals surface area contributed by atoms with Crippen molar-refractivity contribution in [2.24, 2.45) is 5.41 Å². The second kappa shape index (κ2) is 12.2. The number of benzene rings is 2. The number of epoxide rings is 1. The zero-order valence-electron chi connectivity index (χ0n) is 22.6. The van der Waals surface area contributed by atoms with E-state index in [1.165, 1.54) is 30.3 Å². The number of carboxylic acids is 1. The van der Waals surface area contributed by atoms with Gasteiger partial charge in [0.2, 0.25) is 12.0 Å². The number of amides is 1. The minimum atomic E-state index is -4.62. The summed E-state index contributed by atoms with van der Waals surface area (Å²) in [5.74, 6) is -5.68. The number of hydrogen-bond donors (Lipinski definition) is 3. The summed E-state index contributed by atoms with van der Waals surface area (Å²) in [5, 5.41) is 24.8. The average molecular weight is 650 g/mol. The van der Waals surface area contributed by atoms with Crippen LogP contribution in [0.4, 0.5) is 22.0 Å². The van der Waals surface area contributed by atoms with E-state index >= 15 is 8.78 Å². The molecule has 0 aromatic heterocycles. The van der Waals surface area contributed by atoms with Gasteiger partial charge in [-0.1, -0.05) is 55.2 Å². The van der Waals surface area contributed by atoms with Crippen LogP contribution in [0.3, 0.4) is 0 Å². The predicted octanol–water partition coefficient (Wildman–Crippen LogP) is 5.08. The summed E-state index contributed by atoms with van der Waals surface area (Å²) in [6.45, 7) is 2.14. The number of nitrogens with one attached hydrogen (secondary N) is 2. The third kappa shape index (κ3) is 6.73. The highest BCUT2D eigenvalue weighted by Crippen LogP contribution is 2.53. The Balaban J connectivity index is 1.82. The Morgan fingerprint density at radius 3 is 2.49 bits per heavy atom. The van der Waals surface area contributed by atoms with E-state index in [4.69, 9.17) is 33.0 Å². The summed E-state index contributed by atoms with van der Waals surface area (Å²) in [4.78, 5) is 24.6. The van der Waals surface area contributed by atoms with Gasteiger partial charge in [0.25, 0.3) is 0 Å². The van der Waals surface area contributed by atoms with Crippen molar-refractivity contribution in [3.63, 3.8) is 0 Å². The lowest BCUT2D eigenvalue weighted by Crippen LogP contribution is -2.47. The van der Waals surface area contributed by atoms with Crippen LogP contribution in [-0.2, 0) is 24.5 Å². The molecule has 0 radical (unpaired) electrons. The molecule has 15 heteroatoms. The molecule has 0 aliphatic carbocycles. The lowest BCUT2D eigenvalue weighted by atomic mass is 9.62. The van der Waals surface area contributed by atoms with Crippen LogP contribution in [0.15, 0.2) is 36.4 Å². The van der Waals surface area contributed by atoms with Crippen molar-refractivity contribution in [2.45, 2.75) is 62.3 Å². The molecule has 2 aromatic carbocycles. The number of carbonyl (C=O) groups excluding carboxylic acids is 1. The fourth-order valence-electron chi connectivity index (χ4n) is 5.59. The number of ether oxygens (including phenoxy) is 2. The fourth-order valence-corrected chi connectivity index (χ4v) is 5.93. The van der Waals surface area contributed by atoms with Gasteiger partial charge in [-0.3, -0.25) is 9.59 Å². The Labute approximate surface area is 253 Å². The fraction of sp³-hybridized carbons (Fsp3) is 0.464. The zero-order chi connectivity index (χ0) is 31.9. The molecule has 2 unspecified atom stereocenters. The Bertz CT molecular complexity index is 1450. The van der Waals surface area contributed by atoms with E-state index in [0.29, 0.717) is 0 Å². The van der Waals surface area contributed by atoms with Gasteiger partial charge in [0.05, 0.1) is 23.7 Å². The number of hydrogen-bond acceptors (Lipinski definition) is 6. The highest BCUT2D eigenvalue weighted by molar-refractivity contribution is 6.31. The Hall–Kier alpha value is -3.02. The van der Waals surface area contributed by atoms with Gasteiger partial charge >= 0.3 is 12.1 Å². The van der Waals surface area contributed by atoms with E-state index in [-0.39, 0.29) is 34.2 Å². The standard InChI is InChI=1S/C28H26Cl2F5N3O5/c1-26(2,12-42-25-23(43-25)28(33,34)35)9-18-27(11-36,15-7-6-13(29)8-17(15)31)20(14-4-3-5-16(30)21(14)32)22(38-18)24(41)37-10-19(39)40/h3-8,18,20,22-23,25,38H,9-10,12H2,1-2H3,(H,37,41)(H,39,40)/t18-,20-,22+,23?,25?,27-/m0/s1. The number of halogens is 7.